The number of aliphatic hydroxyl groups excluding tert-OH is 1. The van der Waals surface area contributed by atoms with Gasteiger partial charge in [-0.25, -0.2) is 4.98 Å². The Labute approximate surface area is 120 Å². The van der Waals surface area contributed by atoms with Crippen molar-refractivity contribution < 1.29 is 5.11 Å². The molecule has 2 heterocycles. The molecule has 1 aromatic heterocycles. The Morgan fingerprint density at radius 1 is 1.53 bits per heavy atom. The molecule has 0 aromatic carbocycles. The van der Waals surface area contributed by atoms with E-state index in [-0.39, 0.29) is 6.10 Å². The monoisotopic (exact) mass is 283 g/mol. The van der Waals surface area contributed by atoms with Crippen LogP contribution >= 0.6 is 11.3 Å². The number of anilines is 1. The topological polar surface area (TPSA) is 39.6 Å². The van der Waals surface area contributed by atoms with Crippen molar-refractivity contribution in [3.05, 3.63) is 11.1 Å². The van der Waals surface area contributed by atoms with Crippen molar-refractivity contribution >= 4 is 16.5 Å². The molecule has 2 unspecified atom stereocenters. The maximum atomic E-state index is 9.63. The number of aliphatic hydroxyl groups is 1. The second-order valence-corrected chi connectivity index (χ2v) is 6.40. The number of thiazole rings is 1. The maximum absolute atomic E-state index is 9.63. The van der Waals surface area contributed by atoms with Gasteiger partial charge in [0.1, 0.15) is 0 Å². The van der Waals surface area contributed by atoms with E-state index in [1.807, 2.05) is 13.1 Å². The first-order valence-electron chi connectivity index (χ1n) is 7.24. The van der Waals surface area contributed by atoms with Gasteiger partial charge in [0.25, 0.3) is 0 Å². The summed E-state index contributed by atoms with van der Waals surface area (Å²) in [6, 6.07) is 0. The first-order chi connectivity index (χ1) is 9.13. The van der Waals surface area contributed by atoms with Crippen molar-refractivity contribution in [2.75, 3.05) is 31.1 Å². The van der Waals surface area contributed by atoms with Crippen LogP contribution in [0.3, 0.4) is 0 Å². The SMILES string of the molecule is CCN(CC)c1ncc(CN2CCC(C(C)O)C2)s1. The van der Waals surface area contributed by atoms with Crippen molar-refractivity contribution in [2.24, 2.45) is 5.92 Å². The summed E-state index contributed by atoms with van der Waals surface area (Å²) in [7, 11) is 0. The number of nitrogens with zero attached hydrogens (tertiary/aromatic N) is 3. The van der Waals surface area contributed by atoms with Crippen molar-refractivity contribution in [3.63, 3.8) is 0 Å². The lowest BCUT2D eigenvalue weighted by Gasteiger charge is -2.17. The van der Waals surface area contributed by atoms with Crippen LogP contribution in [0.25, 0.3) is 0 Å². The minimum Gasteiger partial charge on any atom is -0.393 e. The van der Waals surface area contributed by atoms with Crippen molar-refractivity contribution in [3.8, 4) is 0 Å². The van der Waals surface area contributed by atoms with E-state index >= 15 is 0 Å². The third kappa shape index (κ3) is 3.68. The largest absolute Gasteiger partial charge is 0.393 e. The van der Waals surface area contributed by atoms with E-state index in [4.69, 9.17) is 0 Å². The quantitative estimate of drug-likeness (QED) is 0.869. The van der Waals surface area contributed by atoms with Crippen molar-refractivity contribution in [1.29, 1.82) is 0 Å². The van der Waals surface area contributed by atoms with Crippen LogP contribution in [0, 0.1) is 5.92 Å². The average molecular weight is 283 g/mol. The van der Waals surface area contributed by atoms with Crippen LogP contribution < -0.4 is 4.90 Å². The van der Waals surface area contributed by atoms with Crippen LogP contribution in [0.4, 0.5) is 5.13 Å². The minimum atomic E-state index is -0.183. The highest BCUT2D eigenvalue weighted by atomic mass is 32.1. The van der Waals surface area contributed by atoms with E-state index in [0.717, 1.165) is 44.3 Å². The summed E-state index contributed by atoms with van der Waals surface area (Å²) in [6.45, 7) is 11.3. The molecule has 0 saturated carbocycles. The van der Waals surface area contributed by atoms with Gasteiger partial charge in [-0.2, -0.15) is 0 Å². The first kappa shape index (κ1) is 14.8. The molecule has 2 rings (SSSR count). The Balaban J connectivity index is 1.90. The molecule has 0 aliphatic carbocycles. The zero-order valence-corrected chi connectivity index (χ0v) is 13.0. The minimum absolute atomic E-state index is 0.183. The second-order valence-electron chi connectivity index (χ2n) is 5.31. The second kappa shape index (κ2) is 6.68. The maximum Gasteiger partial charge on any atom is 0.185 e. The fraction of sp³-hybridized carbons (Fsp3) is 0.786. The van der Waals surface area contributed by atoms with E-state index in [1.54, 1.807) is 11.3 Å². The lowest BCUT2D eigenvalue weighted by atomic mass is 10.0. The molecule has 0 spiro atoms. The highest BCUT2D eigenvalue weighted by molar-refractivity contribution is 7.15. The molecule has 2 atom stereocenters. The van der Waals surface area contributed by atoms with Gasteiger partial charge in [-0.3, -0.25) is 4.90 Å². The van der Waals surface area contributed by atoms with E-state index < -0.39 is 0 Å². The van der Waals surface area contributed by atoms with E-state index in [1.165, 1.54) is 4.88 Å². The smallest absolute Gasteiger partial charge is 0.185 e. The van der Waals surface area contributed by atoms with Gasteiger partial charge in [-0.05, 0) is 39.7 Å². The van der Waals surface area contributed by atoms with Crippen molar-refractivity contribution in [1.82, 2.24) is 9.88 Å². The first-order valence-corrected chi connectivity index (χ1v) is 8.05. The van der Waals surface area contributed by atoms with Crippen LogP contribution in [0.15, 0.2) is 6.20 Å². The molecule has 1 aromatic rings. The van der Waals surface area contributed by atoms with Gasteiger partial charge in [0.2, 0.25) is 0 Å². The predicted molar refractivity (Wildman–Crippen MR) is 80.7 cm³/mol. The molecule has 0 radical (unpaired) electrons. The molecule has 1 aliphatic rings. The molecule has 4 nitrogen and oxygen atoms in total. The van der Waals surface area contributed by atoms with Gasteiger partial charge in [-0.1, -0.05) is 0 Å². The third-order valence-corrected chi connectivity index (χ3v) is 4.99. The molecule has 1 aliphatic heterocycles. The number of hydrogen-bond acceptors (Lipinski definition) is 5. The van der Waals surface area contributed by atoms with Gasteiger partial charge in [0, 0.05) is 37.3 Å². The Bertz CT molecular complexity index is 390. The lowest BCUT2D eigenvalue weighted by Crippen LogP contribution is -2.23. The molecular weight excluding hydrogens is 258 g/mol. The van der Waals surface area contributed by atoms with Crippen molar-refractivity contribution in [2.45, 2.75) is 39.8 Å². The molecule has 108 valence electrons. The molecule has 5 heteroatoms. The summed E-state index contributed by atoms with van der Waals surface area (Å²) in [5, 5.41) is 10.8. The predicted octanol–water partition coefficient (Wildman–Crippen LogP) is 2.19. The standard InChI is InChI=1S/C14H25N3OS/c1-4-17(5-2)14-15-8-13(19-14)10-16-7-6-12(9-16)11(3)18/h8,11-12,18H,4-7,9-10H2,1-3H3. The highest BCUT2D eigenvalue weighted by Gasteiger charge is 2.26. The van der Waals surface area contributed by atoms with Crippen LogP contribution in [0.5, 0.6) is 0 Å². The molecular formula is C14H25N3OS. The summed E-state index contributed by atoms with van der Waals surface area (Å²) in [5.74, 6) is 0.440. The van der Waals surface area contributed by atoms with Gasteiger partial charge in [0.15, 0.2) is 5.13 Å². The van der Waals surface area contributed by atoms with Crippen LogP contribution in [0.1, 0.15) is 32.1 Å². The Hall–Kier alpha value is -0.650. The molecule has 19 heavy (non-hydrogen) atoms. The van der Waals surface area contributed by atoms with E-state index in [0.29, 0.717) is 5.92 Å². The molecule has 1 fully saturated rings. The average Bonchev–Trinajstić information content (AvgIpc) is 3.01. The number of rotatable bonds is 6. The van der Waals surface area contributed by atoms with Crippen LogP contribution in [-0.4, -0.2) is 47.3 Å². The van der Waals surface area contributed by atoms with Gasteiger partial charge < -0.3 is 10.0 Å². The lowest BCUT2D eigenvalue weighted by molar-refractivity contribution is 0.127. The summed E-state index contributed by atoms with van der Waals surface area (Å²) < 4.78 is 0. The number of hydrogen-bond donors (Lipinski definition) is 1. The third-order valence-electron chi connectivity index (χ3n) is 3.95. The fourth-order valence-corrected chi connectivity index (χ4v) is 3.71. The number of aromatic nitrogens is 1. The summed E-state index contributed by atoms with van der Waals surface area (Å²) >= 11 is 1.80. The Morgan fingerprint density at radius 3 is 2.84 bits per heavy atom. The molecule has 0 amide bonds. The zero-order chi connectivity index (χ0) is 13.8. The highest BCUT2D eigenvalue weighted by Crippen LogP contribution is 2.26. The van der Waals surface area contributed by atoms with Crippen LogP contribution in [0.2, 0.25) is 0 Å². The molecule has 1 saturated heterocycles. The number of likely N-dealkylation sites (tertiary alicyclic amines) is 1. The van der Waals surface area contributed by atoms with E-state index in [2.05, 4.69) is 28.6 Å². The van der Waals surface area contributed by atoms with Gasteiger partial charge >= 0.3 is 0 Å². The van der Waals surface area contributed by atoms with Gasteiger partial charge in [0.05, 0.1) is 6.10 Å². The van der Waals surface area contributed by atoms with Crippen LogP contribution in [-0.2, 0) is 6.54 Å². The summed E-state index contributed by atoms with van der Waals surface area (Å²) in [5.41, 5.74) is 0. The van der Waals surface area contributed by atoms with Gasteiger partial charge in [-0.15, -0.1) is 11.3 Å². The fourth-order valence-electron chi connectivity index (χ4n) is 2.63. The normalized spacial score (nSPS) is 21.8. The molecule has 1 N–H and O–H groups in total. The zero-order valence-electron chi connectivity index (χ0n) is 12.2. The molecule has 0 bridgehead atoms. The summed E-state index contributed by atoms with van der Waals surface area (Å²) in [6.07, 6.45) is 2.94. The summed E-state index contributed by atoms with van der Waals surface area (Å²) in [4.78, 5) is 10.6. The Morgan fingerprint density at radius 2 is 2.26 bits per heavy atom. The Kier molecular flexibility index (Phi) is 5.19. The van der Waals surface area contributed by atoms with E-state index in [9.17, 15) is 5.11 Å².